The first-order valence-electron chi connectivity index (χ1n) is 6.94. The van der Waals surface area contributed by atoms with E-state index >= 15 is 0 Å². The minimum absolute atomic E-state index is 0.0193. The third kappa shape index (κ3) is 4.30. The fraction of sp³-hybridized carbons (Fsp3) is 0.0667. The summed E-state index contributed by atoms with van der Waals surface area (Å²) in [6.45, 7) is 0. The van der Waals surface area contributed by atoms with E-state index in [9.17, 15) is 14.9 Å². The number of H-pyrrole nitrogens is 1. The van der Waals surface area contributed by atoms with Gasteiger partial charge in [-0.25, -0.2) is 4.98 Å². The van der Waals surface area contributed by atoms with Gasteiger partial charge in [0, 0.05) is 16.2 Å². The highest BCUT2D eigenvalue weighted by atomic mass is 79.9. The second-order valence-corrected chi connectivity index (χ2v) is 7.25. The number of aromatic nitrogens is 2. The van der Waals surface area contributed by atoms with Crippen LogP contribution in [0, 0.1) is 10.1 Å². The predicted octanol–water partition coefficient (Wildman–Crippen LogP) is 4.62. The second kappa shape index (κ2) is 7.42. The molecule has 25 heavy (non-hydrogen) atoms. The third-order valence-electron chi connectivity index (χ3n) is 3.19. The van der Waals surface area contributed by atoms with E-state index in [1.807, 2.05) is 18.2 Å². The number of anilines is 1. The summed E-state index contributed by atoms with van der Waals surface area (Å²) < 4.78 is 0.933. The number of hydrogen-bond donors (Lipinski definition) is 2. The number of amides is 1. The number of carbonyl (C=O) groups excluding carboxylic acids is 1. The average Bonchev–Trinajstić information content (AvgIpc) is 2.96. The molecule has 128 valence electrons. The van der Waals surface area contributed by atoms with E-state index in [2.05, 4.69) is 31.2 Å². The van der Waals surface area contributed by atoms with Crippen LogP contribution in [0.1, 0.15) is 0 Å². The number of nitro groups is 1. The number of hydrogen-bond acceptors (Lipinski definition) is 5. The van der Waals surface area contributed by atoms with Crippen molar-refractivity contribution in [1.29, 1.82) is 0 Å². The van der Waals surface area contributed by atoms with Crippen molar-refractivity contribution >= 4 is 67.6 Å². The monoisotopic (exact) mass is 440 g/mol. The molecule has 3 rings (SSSR count). The van der Waals surface area contributed by atoms with Gasteiger partial charge in [0.15, 0.2) is 5.16 Å². The molecule has 1 amide bonds. The van der Waals surface area contributed by atoms with E-state index in [1.165, 1.54) is 30.0 Å². The van der Waals surface area contributed by atoms with E-state index < -0.39 is 4.92 Å². The molecule has 0 aliphatic heterocycles. The number of imidazole rings is 1. The van der Waals surface area contributed by atoms with Crippen molar-refractivity contribution in [1.82, 2.24) is 9.97 Å². The lowest BCUT2D eigenvalue weighted by Crippen LogP contribution is -2.14. The van der Waals surface area contributed by atoms with Gasteiger partial charge >= 0.3 is 0 Å². The second-order valence-electron chi connectivity index (χ2n) is 4.96. The van der Waals surface area contributed by atoms with Crippen molar-refractivity contribution in [3.05, 3.63) is 56.0 Å². The quantitative estimate of drug-likeness (QED) is 0.342. The Hall–Kier alpha value is -2.10. The molecule has 3 aromatic rings. The van der Waals surface area contributed by atoms with Gasteiger partial charge in [-0.15, -0.1) is 0 Å². The van der Waals surface area contributed by atoms with Gasteiger partial charge < -0.3 is 10.3 Å². The number of nitrogens with one attached hydrogen (secondary N) is 2. The van der Waals surface area contributed by atoms with Crippen LogP contribution in [-0.2, 0) is 4.79 Å². The average molecular weight is 442 g/mol. The molecule has 10 heteroatoms. The first-order valence-corrected chi connectivity index (χ1v) is 9.10. The normalized spacial score (nSPS) is 10.8. The third-order valence-corrected chi connectivity index (χ3v) is 4.87. The zero-order chi connectivity index (χ0) is 18.0. The first kappa shape index (κ1) is 17.7. The van der Waals surface area contributed by atoms with Crippen molar-refractivity contribution in [3.63, 3.8) is 0 Å². The Kier molecular flexibility index (Phi) is 5.26. The van der Waals surface area contributed by atoms with Crippen LogP contribution in [0.3, 0.4) is 0 Å². The summed E-state index contributed by atoms with van der Waals surface area (Å²) >= 11 is 10.4. The summed E-state index contributed by atoms with van der Waals surface area (Å²) in [6, 6.07) is 9.77. The highest BCUT2D eigenvalue weighted by Gasteiger charge is 2.14. The first-order chi connectivity index (χ1) is 11.9. The molecule has 1 aromatic heterocycles. The summed E-state index contributed by atoms with van der Waals surface area (Å²) in [5.74, 6) is -0.194. The number of nitro benzene ring substituents is 1. The van der Waals surface area contributed by atoms with Gasteiger partial charge in [-0.2, -0.15) is 0 Å². The van der Waals surface area contributed by atoms with Crippen LogP contribution in [0.25, 0.3) is 11.0 Å². The van der Waals surface area contributed by atoms with Crippen LogP contribution in [0.4, 0.5) is 11.4 Å². The van der Waals surface area contributed by atoms with E-state index in [0.29, 0.717) is 10.8 Å². The maximum Gasteiger partial charge on any atom is 0.289 e. The SMILES string of the molecule is O=C(CSc1nc2ccc(Br)cc2[nH]1)Nc1ccc(Cl)c([N+](=O)[O-])c1. The lowest BCUT2D eigenvalue weighted by Gasteiger charge is -2.05. The molecule has 2 aromatic carbocycles. The molecule has 0 saturated carbocycles. The molecule has 0 atom stereocenters. The molecule has 7 nitrogen and oxygen atoms in total. The summed E-state index contributed by atoms with van der Waals surface area (Å²) in [5, 5.41) is 14.1. The zero-order valence-corrected chi connectivity index (χ0v) is 15.6. The Bertz CT molecular complexity index is 979. The molecule has 0 aliphatic carbocycles. The maximum absolute atomic E-state index is 12.0. The van der Waals surface area contributed by atoms with Crippen LogP contribution < -0.4 is 5.32 Å². The summed E-state index contributed by atoms with van der Waals surface area (Å²) in [5.41, 5.74) is 1.73. The number of fused-ring (bicyclic) bond motifs is 1. The number of nitrogens with zero attached hydrogens (tertiary/aromatic N) is 2. The summed E-state index contributed by atoms with van der Waals surface area (Å²) in [4.78, 5) is 29.8. The Morgan fingerprint density at radius 2 is 2.16 bits per heavy atom. The van der Waals surface area contributed by atoms with Crippen molar-refractivity contribution in [2.75, 3.05) is 11.1 Å². The van der Waals surface area contributed by atoms with E-state index in [4.69, 9.17) is 11.6 Å². The molecule has 0 spiro atoms. The van der Waals surface area contributed by atoms with Crippen LogP contribution in [0.15, 0.2) is 46.0 Å². The number of rotatable bonds is 5. The van der Waals surface area contributed by atoms with Gasteiger partial charge in [0.2, 0.25) is 5.91 Å². The molecule has 0 radical (unpaired) electrons. The Morgan fingerprint density at radius 1 is 1.36 bits per heavy atom. The Balaban J connectivity index is 1.64. The molecular weight excluding hydrogens is 432 g/mol. The number of halogens is 2. The molecular formula is C15H10BrClN4O3S. The highest BCUT2D eigenvalue weighted by molar-refractivity contribution is 9.10. The molecule has 1 heterocycles. The molecule has 0 fully saturated rings. The number of thioether (sulfide) groups is 1. The van der Waals surface area contributed by atoms with Crippen LogP contribution in [-0.4, -0.2) is 26.6 Å². The van der Waals surface area contributed by atoms with Gasteiger partial charge in [-0.3, -0.25) is 14.9 Å². The zero-order valence-electron chi connectivity index (χ0n) is 12.5. The summed E-state index contributed by atoms with van der Waals surface area (Å²) in [6.07, 6.45) is 0. The fourth-order valence-corrected chi connectivity index (χ4v) is 3.32. The summed E-state index contributed by atoms with van der Waals surface area (Å²) in [7, 11) is 0. The van der Waals surface area contributed by atoms with E-state index in [1.54, 1.807) is 0 Å². The van der Waals surface area contributed by atoms with Gasteiger partial charge in [0.1, 0.15) is 5.02 Å². The van der Waals surface area contributed by atoms with Crippen LogP contribution in [0.2, 0.25) is 5.02 Å². The topological polar surface area (TPSA) is 101 Å². The van der Waals surface area contributed by atoms with Gasteiger partial charge in [-0.1, -0.05) is 39.3 Å². The predicted molar refractivity (Wildman–Crippen MR) is 101 cm³/mol. The van der Waals surface area contributed by atoms with Crippen molar-refractivity contribution in [2.24, 2.45) is 0 Å². The number of benzene rings is 2. The standard InChI is InChI=1S/C15H10BrClN4O3S/c16-8-1-4-11-12(5-8)20-15(19-11)25-7-14(22)18-9-2-3-10(17)13(6-9)21(23)24/h1-6H,7H2,(H,18,22)(H,19,20). The maximum atomic E-state index is 12.0. The number of carbonyl (C=O) groups is 1. The van der Waals surface area contributed by atoms with Crippen molar-refractivity contribution < 1.29 is 9.72 Å². The smallest absolute Gasteiger partial charge is 0.289 e. The van der Waals surface area contributed by atoms with E-state index in [0.717, 1.165) is 15.5 Å². The minimum atomic E-state index is -0.598. The Labute approximate surface area is 159 Å². The Morgan fingerprint density at radius 3 is 2.92 bits per heavy atom. The largest absolute Gasteiger partial charge is 0.333 e. The lowest BCUT2D eigenvalue weighted by molar-refractivity contribution is -0.384. The van der Waals surface area contributed by atoms with E-state index in [-0.39, 0.29) is 22.4 Å². The van der Waals surface area contributed by atoms with Crippen molar-refractivity contribution in [2.45, 2.75) is 5.16 Å². The molecule has 0 saturated heterocycles. The molecule has 0 bridgehead atoms. The van der Waals surface area contributed by atoms with Gasteiger partial charge in [0.25, 0.3) is 5.69 Å². The lowest BCUT2D eigenvalue weighted by atomic mass is 10.3. The number of aromatic amines is 1. The van der Waals surface area contributed by atoms with Crippen molar-refractivity contribution in [3.8, 4) is 0 Å². The van der Waals surface area contributed by atoms with Crippen LogP contribution >= 0.6 is 39.3 Å². The molecule has 2 N–H and O–H groups in total. The van der Waals surface area contributed by atoms with Gasteiger partial charge in [-0.05, 0) is 30.3 Å². The fourth-order valence-electron chi connectivity index (χ4n) is 2.09. The van der Waals surface area contributed by atoms with Crippen LogP contribution in [0.5, 0.6) is 0 Å². The minimum Gasteiger partial charge on any atom is -0.333 e. The molecule has 0 unspecified atom stereocenters. The highest BCUT2D eigenvalue weighted by Crippen LogP contribution is 2.28. The van der Waals surface area contributed by atoms with Gasteiger partial charge in [0.05, 0.1) is 21.7 Å². The molecule has 0 aliphatic rings.